The highest BCUT2D eigenvalue weighted by molar-refractivity contribution is 7.89. The molecule has 1 aliphatic rings. The van der Waals surface area contributed by atoms with Crippen LogP contribution in [0.4, 0.5) is 5.13 Å². The number of carbonyl (C=O) groups is 1. The monoisotopic (exact) mass is 542 g/mol. The molecule has 1 aliphatic heterocycles. The lowest BCUT2D eigenvalue weighted by molar-refractivity contribution is 0.0983. The number of hydrogen-bond acceptors (Lipinski definition) is 6. The summed E-state index contributed by atoms with van der Waals surface area (Å²) in [5.41, 5.74) is 2.49. The Bertz CT molecular complexity index is 1320. The van der Waals surface area contributed by atoms with Crippen LogP contribution in [0.15, 0.2) is 47.4 Å². The predicted octanol–water partition coefficient (Wildman–Crippen LogP) is 5.55. The number of anilines is 1. The van der Waals surface area contributed by atoms with Crippen molar-refractivity contribution in [3.8, 4) is 0 Å². The predicted molar refractivity (Wildman–Crippen MR) is 152 cm³/mol. The maximum atomic E-state index is 13.8. The first kappa shape index (κ1) is 27.7. The molecule has 1 unspecified atom stereocenters. The Hall–Kier alpha value is -2.33. The van der Waals surface area contributed by atoms with Crippen LogP contribution in [0, 0.1) is 6.92 Å². The molecule has 1 aromatic heterocycles. The molecule has 1 amide bonds. The van der Waals surface area contributed by atoms with Gasteiger partial charge in [-0.3, -0.25) is 9.69 Å². The Morgan fingerprint density at radius 3 is 2.46 bits per heavy atom. The number of aromatic nitrogens is 1. The Morgan fingerprint density at radius 2 is 1.78 bits per heavy atom. The number of amides is 1. The van der Waals surface area contributed by atoms with E-state index in [1.54, 1.807) is 33.5 Å². The minimum Gasteiger partial charge on any atom is -0.302 e. The Labute approximate surface area is 225 Å². The van der Waals surface area contributed by atoms with Crippen LogP contribution in [0.25, 0.3) is 10.2 Å². The second kappa shape index (κ2) is 12.0. The van der Waals surface area contributed by atoms with Gasteiger partial charge in [-0.1, -0.05) is 44.6 Å². The van der Waals surface area contributed by atoms with Crippen LogP contribution in [0.1, 0.15) is 62.4 Å². The molecule has 37 heavy (non-hydrogen) atoms. The summed E-state index contributed by atoms with van der Waals surface area (Å²) < 4.78 is 29.5. The topological polar surface area (TPSA) is 73.8 Å². The number of benzene rings is 2. The fraction of sp³-hybridized carbons (Fsp3) is 0.500. The number of rotatable bonds is 10. The van der Waals surface area contributed by atoms with Crippen LogP contribution < -0.4 is 4.90 Å². The molecular formula is C28H38N4O3S2. The van der Waals surface area contributed by atoms with Gasteiger partial charge in [0.2, 0.25) is 10.0 Å². The fourth-order valence-electron chi connectivity index (χ4n) is 4.96. The van der Waals surface area contributed by atoms with E-state index in [9.17, 15) is 13.2 Å². The van der Waals surface area contributed by atoms with E-state index in [2.05, 4.69) is 24.8 Å². The maximum Gasteiger partial charge on any atom is 0.260 e. The van der Waals surface area contributed by atoms with Gasteiger partial charge in [-0.2, -0.15) is 4.31 Å². The number of carbonyl (C=O) groups excluding carboxylic acids is 1. The van der Waals surface area contributed by atoms with Gasteiger partial charge in [0, 0.05) is 31.2 Å². The van der Waals surface area contributed by atoms with Crippen molar-refractivity contribution in [1.29, 1.82) is 0 Å². The third kappa shape index (κ3) is 6.06. The van der Waals surface area contributed by atoms with Crippen LogP contribution in [0.3, 0.4) is 0 Å². The van der Waals surface area contributed by atoms with E-state index < -0.39 is 10.0 Å². The molecule has 2 aromatic carbocycles. The quantitative estimate of drug-likeness (QED) is 0.336. The highest BCUT2D eigenvalue weighted by atomic mass is 32.2. The van der Waals surface area contributed by atoms with Gasteiger partial charge in [-0.15, -0.1) is 0 Å². The van der Waals surface area contributed by atoms with E-state index in [4.69, 9.17) is 4.98 Å². The smallest absolute Gasteiger partial charge is 0.260 e. The number of fused-ring (bicyclic) bond motifs is 1. The molecule has 0 aliphatic carbocycles. The number of piperidine rings is 1. The molecule has 200 valence electrons. The zero-order valence-electron chi connectivity index (χ0n) is 22.3. The second-order valence-electron chi connectivity index (χ2n) is 9.65. The first-order valence-electron chi connectivity index (χ1n) is 13.3. The third-order valence-corrected chi connectivity index (χ3v) is 10.3. The molecule has 0 saturated carbocycles. The van der Waals surface area contributed by atoms with Crippen LogP contribution in [0.5, 0.6) is 0 Å². The molecule has 1 fully saturated rings. The van der Waals surface area contributed by atoms with Crippen molar-refractivity contribution < 1.29 is 13.2 Å². The lowest BCUT2D eigenvalue weighted by Gasteiger charge is -2.34. The number of aryl methyl sites for hydroxylation is 1. The summed E-state index contributed by atoms with van der Waals surface area (Å²) in [7, 11) is -3.60. The number of thiazole rings is 1. The molecule has 0 bridgehead atoms. The van der Waals surface area contributed by atoms with Gasteiger partial charge < -0.3 is 4.90 Å². The minimum absolute atomic E-state index is 0.0401. The van der Waals surface area contributed by atoms with Crippen molar-refractivity contribution in [1.82, 2.24) is 14.2 Å². The van der Waals surface area contributed by atoms with Crippen molar-refractivity contribution >= 4 is 42.6 Å². The minimum atomic E-state index is -3.60. The summed E-state index contributed by atoms with van der Waals surface area (Å²) in [4.78, 5) is 22.8. The molecule has 4 rings (SSSR count). The molecular weight excluding hydrogens is 504 g/mol. The van der Waals surface area contributed by atoms with Gasteiger partial charge in [0.25, 0.3) is 5.91 Å². The SMILES string of the molecule is CCC1CCCCN1S(=O)(=O)c1ccc(C(=O)N(CCN(CC)CC)c2nc3ccc(C)cc3s2)cc1. The second-order valence-corrected chi connectivity index (χ2v) is 12.5. The van der Waals surface area contributed by atoms with E-state index in [1.807, 2.05) is 26.0 Å². The molecule has 0 N–H and O–H groups in total. The van der Waals surface area contributed by atoms with Crippen LogP contribution in [-0.2, 0) is 10.0 Å². The molecule has 0 radical (unpaired) electrons. The Kier molecular flexibility index (Phi) is 9.00. The number of sulfonamides is 1. The van der Waals surface area contributed by atoms with Crippen LogP contribution >= 0.6 is 11.3 Å². The summed E-state index contributed by atoms with van der Waals surface area (Å²) >= 11 is 1.51. The Morgan fingerprint density at radius 1 is 1.05 bits per heavy atom. The lowest BCUT2D eigenvalue weighted by Crippen LogP contribution is -2.43. The summed E-state index contributed by atoms with van der Waals surface area (Å²) in [6.07, 6.45) is 3.65. The van der Waals surface area contributed by atoms with Crippen LogP contribution in [0.2, 0.25) is 0 Å². The van der Waals surface area contributed by atoms with E-state index in [0.717, 1.165) is 61.1 Å². The van der Waals surface area contributed by atoms with Gasteiger partial charge in [0.1, 0.15) is 0 Å². The van der Waals surface area contributed by atoms with Crippen molar-refractivity contribution in [2.75, 3.05) is 37.6 Å². The first-order chi connectivity index (χ1) is 17.8. The van der Waals surface area contributed by atoms with E-state index in [-0.39, 0.29) is 16.8 Å². The molecule has 1 atom stereocenters. The highest BCUT2D eigenvalue weighted by Crippen LogP contribution is 2.31. The lowest BCUT2D eigenvalue weighted by atomic mass is 10.0. The molecule has 7 nitrogen and oxygen atoms in total. The largest absolute Gasteiger partial charge is 0.302 e. The Balaban J connectivity index is 1.62. The van der Waals surface area contributed by atoms with E-state index >= 15 is 0 Å². The average molecular weight is 543 g/mol. The van der Waals surface area contributed by atoms with Gasteiger partial charge in [-0.05, 0) is 81.2 Å². The summed E-state index contributed by atoms with van der Waals surface area (Å²) in [6, 6.07) is 12.6. The molecule has 1 saturated heterocycles. The normalized spacial score (nSPS) is 16.9. The zero-order valence-corrected chi connectivity index (χ0v) is 23.9. The van der Waals surface area contributed by atoms with Crippen LogP contribution in [-0.4, -0.2) is 67.3 Å². The number of nitrogens with zero attached hydrogens (tertiary/aromatic N) is 4. The van der Waals surface area contributed by atoms with Crippen molar-refractivity contribution in [3.63, 3.8) is 0 Å². The average Bonchev–Trinajstić information content (AvgIpc) is 3.33. The third-order valence-electron chi connectivity index (χ3n) is 7.30. The fourth-order valence-corrected chi connectivity index (χ4v) is 7.81. The van der Waals surface area contributed by atoms with Crippen molar-refractivity contribution in [2.24, 2.45) is 0 Å². The highest BCUT2D eigenvalue weighted by Gasteiger charge is 2.32. The van der Waals surface area contributed by atoms with Crippen molar-refractivity contribution in [2.45, 2.75) is 64.3 Å². The maximum absolute atomic E-state index is 13.8. The molecule has 2 heterocycles. The van der Waals surface area contributed by atoms with E-state index in [1.165, 1.54) is 11.3 Å². The number of likely N-dealkylation sites (N-methyl/N-ethyl adjacent to an activating group) is 1. The van der Waals surface area contributed by atoms with Gasteiger partial charge in [0.05, 0.1) is 15.1 Å². The van der Waals surface area contributed by atoms with Crippen molar-refractivity contribution in [3.05, 3.63) is 53.6 Å². The zero-order chi connectivity index (χ0) is 26.6. The van der Waals surface area contributed by atoms with Gasteiger partial charge in [-0.25, -0.2) is 13.4 Å². The summed E-state index contributed by atoms with van der Waals surface area (Å²) in [5.74, 6) is -0.170. The number of hydrogen-bond donors (Lipinski definition) is 0. The van der Waals surface area contributed by atoms with Gasteiger partial charge in [0.15, 0.2) is 5.13 Å². The molecule has 9 heteroatoms. The standard InChI is InChI=1S/C28H38N4O3S2/c1-5-23-10-8-9-17-32(23)37(34,35)24-14-12-22(13-15-24)27(33)31(19-18-30(6-2)7-3)28-29-25-16-11-21(4)20-26(25)36-28/h11-16,20,23H,5-10,17-19H2,1-4H3. The van der Waals surface area contributed by atoms with Gasteiger partial charge >= 0.3 is 0 Å². The molecule has 3 aromatic rings. The van der Waals surface area contributed by atoms with E-state index in [0.29, 0.717) is 23.8 Å². The first-order valence-corrected chi connectivity index (χ1v) is 15.6. The summed E-state index contributed by atoms with van der Waals surface area (Å²) in [6.45, 7) is 11.9. The molecule has 0 spiro atoms. The summed E-state index contributed by atoms with van der Waals surface area (Å²) in [5, 5.41) is 0.661.